The van der Waals surface area contributed by atoms with E-state index in [0.717, 1.165) is 24.9 Å². The molecule has 1 aliphatic heterocycles. The second-order valence-electron chi connectivity index (χ2n) is 6.46. The summed E-state index contributed by atoms with van der Waals surface area (Å²) in [6, 6.07) is 2.33. The van der Waals surface area contributed by atoms with E-state index < -0.39 is 0 Å². The van der Waals surface area contributed by atoms with Crippen LogP contribution in [0.3, 0.4) is 0 Å². The first kappa shape index (κ1) is 14.1. The minimum atomic E-state index is 0.0144. The maximum atomic E-state index is 12.2. The lowest BCUT2D eigenvalue weighted by molar-refractivity contribution is -0.130. The summed E-state index contributed by atoms with van der Waals surface area (Å²) in [6.45, 7) is 8.50. The van der Waals surface area contributed by atoms with Crippen molar-refractivity contribution in [1.29, 1.82) is 0 Å². The van der Waals surface area contributed by atoms with E-state index >= 15 is 0 Å². The van der Waals surface area contributed by atoms with Crippen molar-refractivity contribution in [3.05, 3.63) is 21.9 Å². The Kier molecular flexibility index (Phi) is 3.87. The van der Waals surface area contributed by atoms with Crippen LogP contribution < -0.4 is 5.32 Å². The van der Waals surface area contributed by atoms with E-state index in [1.807, 2.05) is 6.92 Å². The number of piperazine rings is 1. The van der Waals surface area contributed by atoms with Crippen LogP contribution in [0.25, 0.3) is 0 Å². The average Bonchev–Trinajstić information content (AvgIpc) is 2.94. The zero-order chi connectivity index (χ0) is 14.3. The highest BCUT2D eigenvalue weighted by Crippen LogP contribution is 2.40. The Labute approximate surface area is 125 Å². The summed E-state index contributed by atoms with van der Waals surface area (Å²) >= 11 is 1.76. The van der Waals surface area contributed by atoms with Gasteiger partial charge in [-0.1, -0.05) is 6.92 Å². The van der Waals surface area contributed by atoms with Gasteiger partial charge in [0.1, 0.15) is 0 Å². The lowest BCUT2D eigenvalue weighted by atomic mass is 10.0. The predicted molar refractivity (Wildman–Crippen MR) is 82.9 cm³/mol. The first-order valence-corrected chi connectivity index (χ1v) is 8.52. The van der Waals surface area contributed by atoms with E-state index in [1.54, 1.807) is 11.3 Å². The summed E-state index contributed by atoms with van der Waals surface area (Å²) in [6.07, 6.45) is 2.62. The van der Waals surface area contributed by atoms with E-state index in [1.165, 1.54) is 23.3 Å². The molecular formula is C16H24N2OS. The molecule has 0 radical (unpaired) electrons. The Morgan fingerprint density at radius 1 is 1.45 bits per heavy atom. The SMILES string of the molecule is Cc1ccsc1C1CN(CC[C@@H]2CC2C)C(C)C(=O)N1. The van der Waals surface area contributed by atoms with Gasteiger partial charge < -0.3 is 5.32 Å². The summed E-state index contributed by atoms with van der Waals surface area (Å²) in [7, 11) is 0. The van der Waals surface area contributed by atoms with Crippen LogP contribution >= 0.6 is 11.3 Å². The van der Waals surface area contributed by atoms with Crippen LogP contribution in [0.1, 0.15) is 43.2 Å². The molecule has 3 unspecified atom stereocenters. The molecule has 2 fully saturated rings. The van der Waals surface area contributed by atoms with Crippen molar-refractivity contribution in [2.45, 2.75) is 45.7 Å². The van der Waals surface area contributed by atoms with Gasteiger partial charge >= 0.3 is 0 Å². The van der Waals surface area contributed by atoms with Crippen LogP contribution in [0.2, 0.25) is 0 Å². The van der Waals surface area contributed by atoms with E-state index in [2.05, 4.69) is 35.5 Å². The number of nitrogens with zero attached hydrogens (tertiary/aromatic N) is 1. The van der Waals surface area contributed by atoms with Crippen molar-refractivity contribution in [1.82, 2.24) is 10.2 Å². The van der Waals surface area contributed by atoms with Crippen molar-refractivity contribution in [3.63, 3.8) is 0 Å². The van der Waals surface area contributed by atoms with Gasteiger partial charge in [0.2, 0.25) is 5.91 Å². The summed E-state index contributed by atoms with van der Waals surface area (Å²) in [5.41, 5.74) is 1.30. The van der Waals surface area contributed by atoms with Gasteiger partial charge in [-0.2, -0.15) is 0 Å². The molecule has 1 aromatic rings. The van der Waals surface area contributed by atoms with Crippen LogP contribution in [-0.2, 0) is 4.79 Å². The molecule has 1 saturated carbocycles. The van der Waals surface area contributed by atoms with E-state index in [0.29, 0.717) is 0 Å². The number of carbonyl (C=O) groups excluding carboxylic acids is 1. The van der Waals surface area contributed by atoms with Gasteiger partial charge in [0.05, 0.1) is 12.1 Å². The first-order chi connectivity index (χ1) is 9.56. The van der Waals surface area contributed by atoms with Crippen molar-refractivity contribution < 1.29 is 4.79 Å². The lowest BCUT2D eigenvalue weighted by Gasteiger charge is -2.37. The molecular weight excluding hydrogens is 268 g/mol. The minimum absolute atomic E-state index is 0.0144. The number of carbonyl (C=O) groups is 1. The number of hydrogen-bond acceptors (Lipinski definition) is 3. The molecule has 3 rings (SSSR count). The standard InChI is InChI=1S/C16H24N2OS/c1-10-5-7-20-15(10)14-9-18(12(3)16(19)17-14)6-4-13-8-11(13)2/h5,7,11-14H,4,6,8-9H2,1-3H3,(H,17,19)/t11?,12?,13-,14?/m1/s1. The highest BCUT2D eigenvalue weighted by molar-refractivity contribution is 7.10. The molecule has 4 atom stereocenters. The van der Waals surface area contributed by atoms with Crippen LogP contribution in [0.5, 0.6) is 0 Å². The molecule has 2 aliphatic rings. The fourth-order valence-electron chi connectivity index (χ4n) is 3.20. The number of amides is 1. The molecule has 0 spiro atoms. The largest absolute Gasteiger partial charge is 0.346 e. The minimum Gasteiger partial charge on any atom is -0.346 e. The highest BCUT2D eigenvalue weighted by atomic mass is 32.1. The molecule has 20 heavy (non-hydrogen) atoms. The van der Waals surface area contributed by atoms with Crippen molar-refractivity contribution in [2.24, 2.45) is 11.8 Å². The molecule has 0 aromatic carbocycles. The fraction of sp³-hybridized carbons (Fsp3) is 0.688. The molecule has 3 nitrogen and oxygen atoms in total. The van der Waals surface area contributed by atoms with Gasteiger partial charge in [-0.25, -0.2) is 0 Å². The summed E-state index contributed by atoms with van der Waals surface area (Å²) < 4.78 is 0. The Morgan fingerprint density at radius 3 is 2.80 bits per heavy atom. The maximum Gasteiger partial charge on any atom is 0.237 e. The van der Waals surface area contributed by atoms with Gasteiger partial charge in [-0.3, -0.25) is 9.69 Å². The number of hydrogen-bond donors (Lipinski definition) is 1. The third-order valence-electron chi connectivity index (χ3n) is 4.94. The van der Waals surface area contributed by atoms with Crippen LogP contribution in [-0.4, -0.2) is 29.9 Å². The Balaban J connectivity index is 1.66. The molecule has 4 heteroatoms. The van der Waals surface area contributed by atoms with Gasteiger partial charge in [0.25, 0.3) is 0 Å². The molecule has 1 aromatic heterocycles. The topological polar surface area (TPSA) is 32.3 Å². The third kappa shape index (κ3) is 2.77. The third-order valence-corrected chi connectivity index (χ3v) is 6.07. The smallest absolute Gasteiger partial charge is 0.237 e. The molecule has 1 aliphatic carbocycles. The van der Waals surface area contributed by atoms with Crippen LogP contribution in [0.15, 0.2) is 11.4 Å². The zero-order valence-corrected chi connectivity index (χ0v) is 13.4. The van der Waals surface area contributed by atoms with Crippen molar-refractivity contribution in [2.75, 3.05) is 13.1 Å². The zero-order valence-electron chi connectivity index (χ0n) is 12.6. The van der Waals surface area contributed by atoms with E-state index in [-0.39, 0.29) is 18.0 Å². The van der Waals surface area contributed by atoms with Gasteiger partial charge in [-0.05, 0) is 62.1 Å². The molecule has 1 amide bonds. The molecule has 0 bridgehead atoms. The predicted octanol–water partition coefficient (Wildman–Crippen LogP) is 2.96. The van der Waals surface area contributed by atoms with Gasteiger partial charge in [0, 0.05) is 11.4 Å². The monoisotopic (exact) mass is 292 g/mol. The Morgan fingerprint density at radius 2 is 2.20 bits per heavy atom. The van der Waals surface area contributed by atoms with E-state index in [4.69, 9.17) is 0 Å². The van der Waals surface area contributed by atoms with Crippen LogP contribution in [0, 0.1) is 18.8 Å². The van der Waals surface area contributed by atoms with Crippen molar-refractivity contribution >= 4 is 17.2 Å². The summed E-state index contributed by atoms with van der Waals surface area (Å²) in [5, 5.41) is 5.30. The Bertz CT molecular complexity index is 498. The highest BCUT2D eigenvalue weighted by Gasteiger charge is 2.36. The summed E-state index contributed by atoms with van der Waals surface area (Å²) in [4.78, 5) is 15.9. The molecule has 1 saturated heterocycles. The average molecular weight is 292 g/mol. The van der Waals surface area contributed by atoms with Crippen LogP contribution in [0.4, 0.5) is 0 Å². The van der Waals surface area contributed by atoms with Crippen molar-refractivity contribution in [3.8, 4) is 0 Å². The first-order valence-electron chi connectivity index (χ1n) is 7.64. The quantitative estimate of drug-likeness (QED) is 0.925. The second-order valence-corrected chi connectivity index (χ2v) is 7.41. The molecule has 1 N–H and O–H groups in total. The Hall–Kier alpha value is -0.870. The number of aryl methyl sites for hydroxylation is 1. The molecule has 2 heterocycles. The molecule has 110 valence electrons. The van der Waals surface area contributed by atoms with Gasteiger partial charge in [0.15, 0.2) is 0 Å². The summed E-state index contributed by atoms with van der Waals surface area (Å²) in [5.74, 6) is 1.98. The number of thiophene rings is 1. The maximum absolute atomic E-state index is 12.2. The normalized spacial score (nSPS) is 34.0. The number of nitrogens with one attached hydrogen (secondary N) is 1. The number of rotatable bonds is 4. The second kappa shape index (κ2) is 5.49. The van der Waals surface area contributed by atoms with Gasteiger partial charge in [-0.15, -0.1) is 11.3 Å². The van der Waals surface area contributed by atoms with E-state index in [9.17, 15) is 4.79 Å². The lowest BCUT2D eigenvalue weighted by Crippen LogP contribution is -2.55. The fourth-order valence-corrected chi connectivity index (χ4v) is 4.17.